The summed E-state index contributed by atoms with van der Waals surface area (Å²) in [5, 5.41) is 3.47. The van der Waals surface area contributed by atoms with Crippen LogP contribution in [-0.2, 0) is 0 Å². The first-order valence-electron chi connectivity index (χ1n) is 7.69. The number of ether oxygens (including phenoxy) is 1. The Hall–Kier alpha value is -2.00. The van der Waals surface area contributed by atoms with Crippen molar-refractivity contribution in [3.8, 4) is 11.5 Å². The first kappa shape index (κ1) is 14.0. The van der Waals surface area contributed by atoms with E-state index in [1.54, 1.807) is 0 Å². The second-order valence-electron chi connectivity index (χ2n) is 5.42. The molecule has 0 atom stereocenters. The van der Waals surface area contributed by atoms with Crippen LogP contribution in [0.2, 0.25) is 0 Å². The lowest BCUT2D eigenvalue weighted by Crippen LogP contribution is -2.25. The molecule has 2 aromatic carbocycles. The Morgan fingerprint density at radius 1 is 0.857 bits per heavy atom. The number of hydrogen-bond acceptors (Lipinski definition) is 3. The van der Waals surface area contributed by atoms with Gasteiger partial charge in [0.1, 0.15) is 11.5 Å². The highest BCUT2D eigenvalue weighted by molar-refractivity contribution is 5.47. The van der Waals surface area contributed by atoms with Crippen molar-refractivity contribution in [3.63, 3.8) is 0 Å². The van der Waals surface area contributed by atoms with Gasteiger partial charge < -0.3 is 15.0 Å². The summed E-state index contributed by atoms with van der Waals surface area (Å²) in [5.74, 6) is 1.73. The maximum atomic E-state index is 5.78. The summed E-state index contributed by atoms with van der Waals surface area (Å²) in [4.78, 5) is 2.51. The Kier molecular flexibility index (Phi) is 4.74. The molecule has 0 bridgehead atoms. The van der Waals surface area contributed by atoms with Crippen LogP contribution in [0, 0.1) is 0 Å². The van der Waals surface area contributed by atoms with Crippen LogP contribution in [0.15, 0.2) is 54.6 Å². The summed E-state index contributed by atoms with van der Waals surface area (Å²) in [7, 11) is 0. The van der Waals surface area contributed by atoms with Crippen LogP contribution < -0.4 is 10.1 Å². The molecule has 1 fully saturated rings. The van der Waals surface area contributed by atoms with Crippen LogP contribution >= 0.6 is 0 Å². The van der Waals surface area contributed by atoms with E-state index in [0.29, 0.717) is 0 Å². The van der Waals surface area contributed by atoms with Gasteiger partial charge in [-0.15, -0.1) is 0 Å². The molecule has 0 amide bonds. The molecule has 1 heterocycles. The largest absolute Gasteiger partial charge is 0.457 e. The van der Waals surface area contributed by atoms with Crippen molar-refractivity contribution in [1.29, 1.82) is 0 Å². The van der Waals surface area contributed by atoms with Gasteiger partial charge in [0, 0.05) is 18.8 Å². The van der Waals surface area contributed by atoms with Gasteiger partial charge >= 0.3 is 0 Å². The second-order valence-corrected chi connectivity index (χ2v) is 5.42. The fourth-order valence-corrected chi connectivity index (χ4v) is 2.63. The zero-order chi connectivity index (χ0) is 14.3. The SMILES string of the molecule is c1ccc(Oc2ccc(NCCN3CCCC3)cc2)cc1. The van der Waals surface area contributed by atoms with Crippen LogP contribution in [-0.4, -0.2) is 31.1 Å². The minimum absolute atomic E-state index is 0.867. The lowest BCUT2D eigenvalue weighted by atomic mass is 10.3. The molecule has 0 radical (unpaired) electrons. The van der Waals surface area contributed by atoms with E-state index in [4.69, 9.17) is 4.74 Å². The average Bonchev–Trinajstić information content (AvgIpc) is 3.03. The lowest BCUT2D eigenvalue weighted by molar-refractivity contribution is 0.352. The molecule has 3 nitrogen and oxygen atoms in total. The fraction of sp³-hybridized carbons (Fsp3) is 0.333. The van der Waals surface area contributed by atoms with E-state index in [1.807, 2.05) is 42.5 Å². The fourth-order valence-electron chi connectivity index (χ4n) is 2.63. The molecule has 0 aliphatic carbocycles. The first-order chi connectivity index (χ1) is 10.4. The molecule has 3 rings (SSSR count). The number of hydrogen-bond donors (Lipinski definition) is 1. The van der Waals surface area contributed by atoms with E-state index in [0.717, 1.165) is 30.3 Å². The Morgan fingerprint density at radius 3 is 2.24 bits per heavy atom. The number of nitrogens with one attached hydrogen (secondary N) is 1. The van der Waals surface area contributed by atoms with Gasteiger partial charge in [0.15, 0.2) is 0 Å². The van der Waals surface area contributed by atoms with Gasteiger partial charge in [-0.05, 0) is 62.3 Å². The van der Waals surface area contributed by atoms with Crippen LogP contribution in [0.1, 0.15) is 12.8 Å². The van der Waals surface area contributed by atoms with E-state index in [-0.39, 0.29) is 0 Å². The summed E-state index contributed by atoms with van der Waals surface area (Å²) in [5.41, 5.74) is 1.15. The number of para-hydroxylation sites is 1. The Labute approximate surface area is 126 Å². The molecule has 2 aromatic rings. The molecule has 0 saturated carbocycles. The lowest BCUT2D eigenvalue weighted by Gasteiger charge is -2.15. The quantitative estimate of drug-likeness (QED) is 0.867. The van der Waals surface area contributed by atoms with Crippen molar-refractivity contribution in [2.75, 3.05) is 31.5 Å². The molecule has 0 aromatic heterocycles. The summed E-state index contributed by atoms with van der Waals surface area (Å²) in [6.45, 7) is 4.64. The first-order valence-corrected chi connectivity index (χ1v) is 7.69. The third-order valence-electron chi connectivity index (χ3n) is 3.79. The maximum Gasteiger partial charge on any atom is 0.127 e. The molecular formula is C18H22N2O. The summed E-state index contributed by atoms with van der Waals surface area (Å²) >= 11 is 0. The van der Waals surface area contributed by atoms with E-state index >= 15 is 0 Å². The second kappa shape index (κ2) is 7.14. The number of nitrogens with zero attached hydrogens (tertiary/aromatic N) is 1. The van der Waals surface area contributed by atoms with Crippen LogP contribution in [0.5, 0.6) is 11.5 Å². The molecule has 110 valence electrons. The van der Waals surface area contributed by atoms with Crippen molar-refractivity contribution in [3.05, 3.63) is 54.6 Å². The Bertz CT molecular complexity index is 533. The van der Waals surface area contributed by atoms with Gasteiger partial charge in [-0.1, -0.05) is 18.2 Å². The molecule has 0 spiro atoms. The Balaban J connectivity index is 1.47. The number of likely N-dealkylation sites (tertiary alicyclic amines) is 1. The standard InChI is InChI=1S/C18H22N2O/c1-2-6-17(7-3-1)21-18-10-8-16(9-11-18)19-12-15-20-13-4-5-14-20/h1-3,6-11,19H,4-5,12-15H2. The highest BCUT2D eigenvalue weighted by Gasteiger charge is 2.10. The van der Waals surface area contributed by atoms with Gasteiger partial charge in [-0.3, -0.25) is 0 Å². The smallest absolute Gasteiger partial charge is 0.127 e. The number of benzene rings is 2. The third-order valence-corrected chi connectivity index (χ3v) is 3.79. The van der Waals surface area contributed by atoms with E-state index in [2.05, 4.69) is 22.3 Å². The van der Waals surface area contributed by atoms with Gasteiger partial charge in [-0.25, -0.2) is 0 Å². The van der Waals surface area contributed by atoms with Crippen molar-refractivity contribution in [1.82, 2.24) is 4.90 Å². The number of anilines is 1. The monoisotopic (exact) mass is 282 g/mol. The van der Waals surface area contributed by atoms with Gasteiger partial charge in [-0.2, -0.15) is 0 Å². The van der Waals surface area contributed by atoms with Crippen molar-refractivity contribution < 1.29 is 4.74 Å². The molecule has 1 aliphatic heterocycles. The highest BCUT2D eigenvalue weighted by Crippen LogP contribution is 2.22. The zero-order valence-electron chi connectivity index (χ0n) is 12.3. The molecule has 0 unspecified atom stereocenters. The minimum atomic E-state index is 0.867. The molecule has 21 heavy (non-hydrogen) atoms. The van der Waals surface area contributed by atoms with Crippen molar-refractivity contribution >= 4 is 5.69 Å². The third kappa shape index (κ3) is 4.23. The predicted octanol–water partition coefficient (Wildman–Crippen LogP) is 3.99. The topological polar surface area (TPSA) is 24.5 Å². The van der Waals surface area contributed by atoms with Crippen LogP contribution in [0.4, 0.5) is 5.69 Å². The molecule has 3 heteroatoms. The van der Waals surface area contributed by atoms with Crippen molar-refractivity contribution in [2.24, 2.45) is 0 Å². The maximum absolute atomic E-state index is 5.78. The summed E-state index contributed by atoms with van der Waals surface area (Å²) < 4.78 is 5.78. The number of rotatable bonds is 6. The van der Waals surface area contributed by atoms with E-state index < -0.39 is 0 Å². The normalized spacial score (nSPS) is 15.0. The zero-order valence-corrected chi connectivity index (χ0v) is 12.3. The molecule has 1 N–H and O–H groups in total. The van der Waals surface area contributed by atoms with Gasteiger partial charge in [0.2, 0.25) is 0 Å². The summed E-state index contributed by atoms with van der Waals surface area (Å²) in [6.07, 6.45) is 2.71. The summed E-state index contributed by atoms with van der Waals surface area (Å²) in [6, 6.07) is 18.0. The van der Waals surface area contributed by atoms with Gasteiger partial charge in [0.05, 0.1) is 0 Å². The van der Waals surface area contributed by atoms with Crippen molar-refractivity contribution in [2.45, 2.75) is 12.8 Å². The molecule has 1 saturated heterocycles. The molecule has 1 aliphatic rings. The Morgan fingerprint density at radius 2 is 1.52 bits per heavy atom. The van der Waals surface area contributed by atoms with Crippen LogP contribution in [0.3, 0.4) is 0 Å². The molecular weight excluding hydrogens is 260 g/mol. The average molecular weight is 282 g/mol. The van der Waals surface area contributed by atoms with E-state index in [9.17, 15) is 0 Å². The predicted molar refractivity (Wildman–Crippen MR) is 87.1 cm³/mol. The minimum Gasteiger partial charge on any atom is -0.457 e. The van der Waals surface area contributed by atoms with E-state index in [1.165, 1.54) is 25.9 Å². The van der Waals surface area contributed by atoms with Crippen LogP contribution in [0.25, 0.3) is 0 Å². The highest BCUT2D eigenvalue weighted by atomic mass is 16.5. The van der Waals surface area contributed by atoms with Gasteiger partial charge in [0.25, 0.3) is 0 Å².